The first kappa shape index (κ1) is 9.49. The van der Waals surface area contributed by atoms with Crippen molar-refractivity contribution in [3.63, 3.8) is 0 Å². The lowest BCUT2D eigenvalue weighted by atomic mass is 10.3. The van der Waals surface area contributed by atoms with Gasteiger partial charge < -0.3 is 8.94 Å². The quantitative estimate of drug-likeness (QED) is 0.594. The normalized spacial score (nSPS) is 10.1. The molecule has 0 bridgehead atoms. The summed E-state index contributed by atoms with van der Waals surface area (Å²) in [5, 5.41) is 6.75. The third-order valence-corrected chi connectivity index (χ3v) is 1.75. The first-order valence-corrected chi connectivity index (χ1v) is 4.39. The van der Waals surface area contributed by atoms with Crippen molar-refractivity contribution >= 4 is 0 Å². The lowest BCUT2D eigenvalue weighted by Gasteiger charge is -1.91. The zero-order chi connectivity index (χ0) is 10.5. The van der Waals surface area contributed by atoms with Crippen LogP contribution in [0.1, 0.15) is 5.89 Å². The van der Waals surface area contributed by atoms with Gasteiger partial charge in [-0.2, -0.15) is 4.98 Å². The van der Waals surface area contributed by atoms with Crippen LogP contribution in [0.4, 0.5) is 0 Å². The summed E-state index contributed by atoms with van der Waals surface area (Å²) in [6, 6.07) is 1.77. The molecule has 0 spiro atoms. The molecular weight excluding hydrogens is 194 g/mol. The molecule has 5 heteroatoms. The third-order valence-electron chi connectivity index (χ3n) is 1.75. The van der Waals surface area contributed by atoms with E-state index in [4.69, 9.17) is 15.4 Å². The summed E-state index contributed by atoms with van der Waals surface area (Å²) in [4.78, 5) is 4.16. The molecule has 76 valence electrons. The van der Waals surface area contributed by atoms with Gasteiger partial charge in [-0.05, 0) is 6.07 Å². The van der Waals surface area contributed by atoms with Crippen LogP contribution in [0.5, 0.6) is 0 Å². The molecule has 0 aliphatic carbocycles. The van der Waals surface area contributed by atoms with Gasteiger partial charge in [0, 0.05) is 0 Å². The fraction of sp³-hybridized carbons (Fsp3) is 0.200. The average Bonchev–Trinajstić information content (AvgIpc) is 2.87. The van der Waals surface area contributed by atoms with Crippen molar-refractivity contribution in [1.29, 1.82) is 0 Å². The van der Waals surface area contributed by atoms with E-state index in [0.717, 1.165) is 5.56 Å². The number of rotatable bonds is 4. The summed E-state index contributed by atoms with van der Waals surface area (Å²) in [7, 11) is 0. The highest BCUT2D eigenvalue weighted by molar-refractivity contribution is 5.51. The van der Waals surface area contributed by atoms with Crippen molar-refractivity contribution in [2.45, 2.75) is 6.54 Å². The van der Waals surface area contributed by atoms with E-state index in [1.807, 2.05) is 0 Å². The number of nitrogens with one attached hydrogen (secondary N) is 1. The highest BCUT2D eigenvalue weighted by Gasteiger charge is 2.08. The van der Waals surface area contributed by atoms with E-state index in [-0.39, 0.29) is 0 Å². The lowest BCUT2D eigenvalue weighted by Crippen LogP contribution is -2.13. The highest BCUT2D eigenvalue weighted by atomic mass is 16.5. The van der Waals surface area contributed by atoms with Crippen LogP contribution in [0.25, 0.3) is 11.4 Å². The van der Waals surface area contributed by atoms with E-state index >= 15 is 0 Å². The second kappa shape index (κ2) is 4.44. The highest BCUT2D eigenvalue weighted by Crippen LogP contribution is 2.15. The fourth-order valence-electron chi connectivity index (χ4n) is 1.08. The molecule has 0 aromatic carbocycles. The molecule has 0 fully saturated rings. The van der Waals surface area contributed by atoms with Crippen LogP contribution in [0.2, 0.25) is 0 Å². The van der Waals surface area contributed by atoms with Crippen molar-refractivity contribution in [1.82, 2.24) is 15.5 Å². The van der Waals surface area contributed by atoms with Crippen molar-refractivity contribution in [3.05, 3.63) is 24.5 Å². The van der Waals surface area contributed by atoms with E-state index in [1.165, 1.54) is 0 Å². The van der Waals surface area contributed by atoms with E-state index in [0.29, 0.717) is 24.8 Å². The maximum Gasteiger partial charge on any atom is 0.240 e. The van der Waals surface area contributed by atoms with Crippen molar-refractivity contribution in [2.24, 2.45) is 0 Å². The number of furan rings is 1. The second-order valence-electron chi connectivity index (χ2n) is 2.83. The number of hydrogen-bond donors (Lipinski definition) is 1. The summed E-state index contributed by atoms with van der Waals surface area (Å²) >= 11 is 0. The molecule has 15 heavy (non-hydrogen) atoms. The summed E-state index contributed by atoms with van der Waals surface area (Å²) in [5.74, 6) is 3.47. The molecule has 5 nitrogen and oxygen atoms in total. The average molecular weight is 203 g/mol. The summed E-state index contributed by atoms with van der Waals surface area (Å²) < 4.78 is 9.91. The molecule has 1 N–H and O–H groups in total. The molecule has 2 aromatic heterocycles. The van der Waals surface area contributed by atoms with E-state index in [2.05, 4.69) is 21.4 Å². The summed E-state index contributed by atoms with van der Waals surface area (Å²) in [6.07, 6.45) is 8.20. The van der Waals surface area contributed by atoms with Gasteiger partial charge >= 0.3 is 0 Å². The Morgan fingerprint density at radius 3 is 3.20 bits per heavy atom. The van der Waals surface area contributed by atoms with Crippen LogP contribution >= 0.6 is 0 Å². The summed E-state index contributed by atoms with van der Waals surface area (Å²) in [5.41, 5.74) is 0.793. The zero-order valence-corrected chi connectivity index (χ0v) is 7.93. The van der Waals surface area contributed by atoms with Crippen LogP contribution < -0.4 is 5.32 Å². The Balaban J connectivity index is 2.02. The molecule has 2 rings (SSSR count). The molecular formula is C10H9N3O2. The number of hydrogen-bond acceptors (Lipinski definition) is 5. The minimum absolute atomic E-state index is 0.467. The molecule has 0 atom stereocenters. The molecule has 0 unspecified atom stereocenters. The third kappa shape index (κ3) is 2.24. The topological polar surface area (TPSA) is 64.1 Å². The molecule has 2 heterocycles. The number of terminal acetylenes is 1. The van der Waals surface area contributed by atoms with Gasteiger partial charge in [-0.3, -0.25) is 5.32 Å². The number of nitrogens with zero attached hydrogens (tertiary/aromatic N) is 2. The largest absolute Gasteiger partial charge is 0.472 e. The van der Waals surface area contributed by atoms with Crippen molar-refractivity contribution < 1.29 is 8.94 Å². The smallest absolute Gasteiger partial charge is 0.240 e. The fourth-order valence-corrected chi connectivity index (χ4v) is 1.08. The van der Waals surface area contributed by atoms with Crippen LogP contribution in [0, 0.1) is 12.3 Å². The van der Waals surface area contributed by atoms with Gasteiger partial charge in [0.15, 0.2) is 0 Å². The molecule has 0 saturated heterocycles. The minimum Gasteiger partial charge on any atom is -0.472 e. The number of aromatic nitrogens is 2. The maximum absolute atomic E-state index is 5.08. The predicted octanol–water partition coefficient (Wildman–Crippen LogP) is 1.05. The van der Waals surface area contributed by atoms with E-state index < -0.39 is 0 Å². The Morgan fingerprint density at radius 2 is 2.47 bits per heavy atom. The van der Waals surface area contributed by atoms with Crippen LogP contribution in [-0.2, 0) is 6.54 Å². The lowest BCUT2D eigenvalue weighted by molar-refractivity contribution is 0.370. The molecule has 0 amide bonds. The molecule has 0 aliphatic rings. The summed E-state index contributed by atoms with van der Waals surface area (Å²) in [6.45, 7) is 0.943. The van der Waals surface area contributed by atoms with Gasteiger partial charge in [0.05, 0.1) is 24.9 Å². The minimum atomic E-state index is 0.467. The van der Waals surface area contributed by atoms with Gasteiger partial charge in [0.1, 0.15) is 6.26 Å². The van der Waals surface area contributed by atoms with Gasteiger partial charge in [-0.25, -0.2) is 0 Å². The molecule has 0 aliphatic heterocycles. The zero-order valence-electron chi connectivity index (χ0n) is 7.93. The maximum atomic E-state index is 5.08. The van der Waals surface area contributed by atoms with Crippen molar-refractivity contribution in [2.75, 3.05) is 6.54 Å². The van der Waals surface area contributed by atoms with Gasteiger partial charge in [-0.1, -0.05) is 11.1 Å². The standard InChI is InChI=1S/C10H9N3O2/c1-2-4-11-6-9-12-10(13-15-9)8-3-5-14-7-8/h1,3,5,7,11H,4,6H2. The van der Waals surface area contributed by atoms with Gasteiger partial charge in [0.25, 0.3) is 0 Å². The molecule has 2 aromatic rings. The van der Waals surface area contributed by atoms with Gasteiger partial charge in [0.2, 0.25) is 11.7 Å². The Hall–Kier alpha value is -2.06. The van der Waals surface area contributed by atoms with Crippen LogP contribution in [0.3, 0.4) is 0 Å². The molecule has 0 radical (unpaired) electrons. The van der Waals surface area contributed by atoms with Crippen molar-refractivity contribution in [3.8, 4) is 23.7 Å². The predicted molar refractivity (Wildman–Crippen MR) is 52.5 cm³/mol. The van der Waals surface area contributed by atoms with Crippen LogP contribution in [-0.4, -0.2) is 16.7 Å². The van der Waals surface area contributed by atoms with Crippen LogP contribution in [0.15, 0.2) is 27.5 Å². The van der Waals surface area contributed by atoms with E-state index in [9.17, 15) is 0 Å². The molecule has 0 saturated carbocycles. The first-order valence-electron chi connectivity index (χ1n) is 4.39. The van der Waals surface area contributed by atoms with E-state index in [1.54, 1.807) is 18.6 Å². The second-order valence-corrected chi connectivity index (χ2v) is 2.83. The Kier molecular flexibility index (Phi) is 2.81. The van der Waals surface area contributed by atoms with Gasteiger partial charge in [-0.15, -0.1) is 6.42 Å². The SMILES string of the molecule is C#CCNCc1nc(-c2ccoc2)no1. The Bertz CT molecular complexity index is 453. The first-order chi connectivity index (χ1) is 7.40. The Morgan fingerprint density at radius 1 is 1.53 bits per heavy atom. The Labute approximate surface area is 86.5 Å². The monoisotopic (exact) mass is 203 g/mol.